The minimum Gasteiger partial charge on any atom is -0.268 e. The van der Waals surface area contributed by atoms with E-state index in [0.717, 1.165) is 35.7 Å². The Morgan fingerprint density at radius 1 is 1.19 bits per heavy atom. The Hall–Kier alpha value is -2.30. The quantitative estimate of drug-likeness (QED) is 0.591. The lowest BCUT2D eigenvalue weighted by Crippen LogP contribution is -2.39. The van der Waals surface area contributed by atoms with Gasteiger partial charge in [0.05, 0.1) is 29.9 Å². The van der Waals surface area contributed by atoms with Gasteiger partial charge in [-0.3, -0.25) is 14.3 Å². The number of nitrogens with zero attached hydrogens (tertiary/aromatic N) is 5. The second-order valence-corrected chi connectivity index (χ2v) is 10.7. The maximum Gasteiger partial charge on any atom is 0.211 e. The molecule has 1 aliphatic rings. The van der Waals surface area contributed by atoms with E-state index in [4.69, 9.17) is 17.3 Å². The first kappa shape index (κ1) is 21.9. The molecule has 1 saturated heterocycles. The number of hydrogen-bond donors (Lipinski definition) is 1. The molecular weight excluding hydrogens is 432 g/mol. The molecule has 0 spiro atoms. The molecule has 2 aromatic heterocycles. The number of H-pyrrole nitrogens is 1. The molecule has 31 heavy (non-hydrogen) atoms. The third-order valence-corrected chi connectivity index (χ3v) is 7.48. The van der Waals surface area contributed by atoms with E-state index in [0.29, 0.717) is 24.4 Å². The largest absolute Gasteiger partial charge is 0.268 e. The minimum absolute atomic E-state index is 0.0318. The van der Waals surface area contributed by atoms with Gasteiger partial charge in [0.15, 0.2) is 4.77 Å². The number of aryl methyl sites for hydroxylation is 2. The Labute approximate surface area is 188 Å². The fourth-order valence-electron chi connectivity index (χ4n) is 4.28. The van der Waals surface area contributed by atoms with E-state index >= 15 is 0 Å². The van der Waals surface area contributed by atoms with Crippen LogP contribution in [0.2, 0.25) is 0 Å². The van der Waals surface area contributed by atoms with Gasteiger partial charge in [0.1, 0.15) is 5.82 Å². The molecule has 3 aromatic rings. The number of aromatic nitrogens is 5. The highest BCUT2D eigenvalue weighted by molar-refractivity contribution is 7.88. The van der Waals surface area contributed by atoms with Crippen LogP contribution >= 0.6 is 12.2 Å². The standard InChI is InChI=1S/C21H28N6O2S2/c1-14-7-9-17(10-8-14)12-26-16(3)19(15(2)24-26)27-20(22-23-21(27)30)18-6-5-11-25(13-18)31(4,28)29/h7-10,18H,5-6,11-13H2,1-4H3,(H,23,30). The molecule has 3 heterocycles. The van der Waals surface area contributed by atoms with Gasteiger partial charge in [-0.1, -0.05) is 29.8 Å². The lowest BCUT2D eigenvalue weighted by atomic mass is 9.98. The number of aromatic amines is 1. The molecule has 10 heteroatoms. The maximum atomic E-state index is 12.1. The fraction of sp³-hybridized carbons (Fsp3) is 0.476. The Kier molecular flexibility index (Phi) is 5.89. The number of benzene rings is 1. The Balaban J connectivity index is 1.71. The van der Waals surface area contributed by atoms with Gasteiger partial charge in [-0.25, -0.2) is 12.7 Å². The number of sulfonamides is 1. The van der Waals surface area contributed by atoms with Crippen molar-refractivity contribution in [2.24, 2.45) is 0 Å². The van der Waals surface area contributed by atoms with Crippen molar-refractivity contribution in [3.05, 3.63) is 57.4 Å². The molecule has 0 saturated carbocycles. The van der Waals surface area contributed by atoms with E-state index in [2.05, 4.69) is 41.4 Å². The van der Waals surface area contributed by atoms with Crippen LogP contribution in [-0.2, 0) is 16.6 Å². The molecule has 1 atom stereocenters. The molecule has 0 bridgehead atoms. The van der Waals surface area contributed by atoms with Gasteiger partial charge in [-0.15, -0.1) is 0 Å². The van der Waals surface area contributed by atoms with Crippen molar-refractivity contribution in [2.75, 3.05) is 19.3 Å². The molecule has 1 aliphatic heterocycles. The molecule has 1 N–H and O–H groups in total. The van der Waals surface area contributed by atoms with Gasteiger partial charge in [0.2, 0.25) is 10.0 Å². The smallest absolute Gasteiger partial charge is 0.211 e. The van der Waals surface area contributed by atoms with Crippen LogP contribution in [0.5, 0.6) is 0 Å². The number of rotatable bonds is 5. The summed E-state index contributed by atoms with van der Waals surface area (Å²) in [7, 11) is -3.24. The highest BCUT2D eigenvalue weighted by atomic mass is 32.2. The summed E-state index contributed by atoms with van der Waals surface area (Å²) in [5.41, 5.74) is 5.17. The third-order valence-electron chi connectivity index (χ3n) is 5.94. The van der Waals surface area contributed by atoms with E-state index in [1.54, 1.807) is 0 Å². The van der Waals surface area contributed by atoms with Gasteiger partial charge < -0.3 is 0 Å². The van der Waals surface area contributed by atoms with Crippen molar-refractivity contribution in [1.29, 1.82) is 0 Å². The van der Waals surface area contributed by atoms with Gasteiger partial charge in [-0.2, -0.15) is 10.2 Å². The third kappa shape index (κ3) is 4.37. The molecule has 1 unspecified atom stereocenters. The predicted molar refractivity (Wildman–Crippen MR) is 123 cm³/mol. The second kappa shape index (κ2) is 8.33. The Bertz CT molecular complexity index is 1250. The molecule has 1 fully saturated rings. The summed E-state index contributed by atoms with van der Waals surface area (Å²) in [5, 5.41) is 12.2. The van der Waals surface area contributed by atoms with E-state index in [1.807, 2.05) is 23.1 Å². The zero-order valence-corrected chi connectivity index (χ0v) is 19.9. The molecule has 4 rings (SSSR count). The second-order valence-electron chi connectivity index (χ2n) is 8.35. The van der Waals surface area contributed by atoms with Crippen LogP contribution in [0.1, 0.15) is 47.1 Å². The van der Waals surface area contributed by atoms with Crippen LogP contribution < -0.4 is 0 Å². The first-order chi connectivity index (χ1) is 14.6. The Morgan fingerprint density at radius 3 is 2.58 bits per heavy atom. The van der Waals surface area contributed by atoms with E-state index in [-0.39, 0.29) is 5.92 Å². The highest BCUT2D eigenvalue weighted by Gasteiger charge is 2.31. The van der Waals surface area contributed by atoms with Crippen LogP contribution in [0.4, 0.5) is 0 Å². The van der Waals surface area contributed by atoms with Gasteiger partial charge in [0, 0.05) is 19.0 Å². The predicted octanol–water partition coefficient (Wildman–Crippen LogP) is 3.24. The average Bonchev–Trinajstić information content (AvgIpc) is 3.22. The molecule has 0 radical (unpaired) electrons. The molecule has 166 valence electrons. The first-order valence-corrected chi connectivity index (χ1v) is 12.6. The van der Waals surface area contributed by atoms with Crippen molar-refractivity contribution < 1.29 is 8.42 Å². The molecule has 1 aromatic carbocycles. The van der Waals surface area contributed by atoms with Gasteiger partial charge >= 0.3 is 0 Å². The molecular formula is C21H28N6O2S2. The maximum absolute atomic E-state index is 12.1. The van der Waals surface area contributed by atoms with Crippen molar-refractivity contribution in [2.45, 2.75) is 46.1 Å². The monoisotopic (exact) mass is 460 g/mol. The number of hydrogen-bond acceptors (Lipinski definition) is 5. The lowest BCUT2D eigenvalue weighted by molar-refractivity contribution is 0.309. The van der Waals surface area contributed by atoms with Crippen LogP contribution in [0, 0.1) is 25.5 Å². The van der Waals surface area contributed by atoms with Gasteiger partial charge in [-0.05, 0) is 51.4 Å². The van der Waals surface area contributed by atoms with Crippen molar-refractivity contribution in [3.8, 4) is 5.69 Å². The van der Waals surface area contributed by atoms with Crippen molar-refractivity contribution >= 4 is 22.2 Å². The van der Waals surface area contributed by atoms with Crippen LogP contribution in [0.25, 0.3) is 5.69 Å². The summed E-state index contributed by atoms with van der Waals surface area (Å²) >= 11 is 5.58. The van der Waals surface area contributed by atoms with Crippen LogP contribution in [0.15, 0.2) is 24.3 Å². The summed E-state index contributed by atoms with van der Waals surface area (Å²) in [6, 6.07) is 8.43. The summed E-state index contributed by atoms with van der Waals surface area (Å²) < 4.78 is 30.1. The van der Waals surface area contributed by atoms with Crippen LogP contribution in [0.3, 0.4) is 0 Å². The molecule has 0 aliphatic carbocycles. The Morgan fingerprint density at radius 2 is 1.90 bits per heavy atom. The zero-order chi connectivity index (χ0) is 22.3. The average molecular weight is 461 g/mol. The fourth-order valence-corrected chi connectivity index (χ4v) is 5.43. The summed E-state index contributed by atoms with van der Waals surface area (Å²) in [6.07, 6.45) is 2.92. The normalized spacial score (nSPS) is 17.9. The zero-order valence-electron chi connectivity index (χ0n) is 18.3. The summed E-state index contributed by atoms with van der Waals surface area (Å²) in [5.74, 6) is 0.732. The summed E-state index contributed by atoms with van der Waals surface area (Å²) in [4.78, 5) is 0. The topological polar surface area (TPSA) is 88.8 Å². The van der Waals surface area contributed by atoms with E-state index < -0.39 is 10.0 Å². The lowest BCUT2D eigenvalue weighted by Gasteiger charge is -2.30. The highest BCUT2D eigenvalue weighted by Crippen LogP contribution is 2.30. The minimum atomic E-state index is -3.24. The molecule has 8 nitrogen and oxygen atoms in total. The molecule has 0 amide bonds. The van der Waals surface area contributed by atoms with E-state index in [9.17, 15) is 8.42 Å². The van der Waals surface area contributed by atoms with Crippen LogP contribution in [-0.4, -0.2) is 56.6 Å². The first-order valence-electron chi connectivity index (χ1n) is 10.4. The van der Waals surface area contributed by atoms with Crippen molar-refractivity contribution in [3.63, 3.8) is 0 Å². The number of piperidine rings is 1. The van der Waals surface area contributed by atoms with Crippen molar-refractivity contribution in [1.82, 2.24) is 28.9 Å². The SMILES string of the molecule is Cc1ccc(Cn2nc(C)c(-n3c(C4CCCN(S(C)(=O)=O)C4)n[nH]c3=S)c2C)cc1. The number of nitrogens with one attached hydrogen (secondary N) is 1. The van der Waals surface area contributed by atoms with Gasteiger partial charge in [0.25, 0.3) is 0 Å². The van der Waals surface area contributed by atoms with E-state index in [1.165, 1.54) is 21.7 Å². The summed E-state index contributed by atoms with van der Waals surface area (Å²) in [6.45, 7) is 7.70.